The second-order valence-electron chi connectivity index (χ2n) is 3.24. The summed E-state index contributed by atoms with van der Waals surface area (Å²) in [5.41, 5.74) is 0.588. The third kappa shape index (κ3) is 3.51. The van der Waals surface area contributed by atoms with Crippen molar-refractivity contribution in [1.82, 2.24) is 0 Å². The van der Waals surface area contributed by atoms with Crippen LogP contribution >= 0.6 is 11.6 Å². The highest BCUT2D eigenvalue weighted by Gasteiger charge is 2.08. The average molecular weight is 243 g/mol. The number of hydrogen-bond acceptors (Lipinski definition) is 3. The van der Waals surface area contributed by atoms with Gasteiger partial charge in [0.1, 0.15) is 5.75 Å². The van der Waals surface area contributed by atoms with Crippen molar-refractivity contribution < 1.29 is 14.3 Å². The van der Waals surface area contributed by atoms with E-state index in [1.807, 2.05) is 6.92 Å². The lowest BCUT2D eigenvalue weighted by molar-refractivity contribution is 0.0932. The molecule has 0 atom stereocenters. The molecule has 0 bridgehead atoms. The highest BCUT2D eigenvalue weighted by Crippen LogP contribution is 2.25. The number of halogens is 1. The molecule has 0 aliphatic rings. The molecule has 1 rings (SSSR count). The van der Waals surface area contributed by atoms with Crippen molar-refractivity contribution in [3.63, 3.8) is 0 Å². The van der Waals surface area contributed by atoms with Gasteiger partial charge in [0.05, 0.1) is 18.2 Å². The second-order valence-corrected chi connectivity index (χ2v) is 3.65. The molecule has 16 heavy (non-hydrogen) atoms. The van der Waals surface area contributed by atoms with Gasteiger partial charge in [0.15, 0.2) is 5.78 Å². The van der Waals surface area contributed by atoms with Crippen LogP contribution in [0.2, 0.25) is 5.02 Å². The number of rotatable bonds is 6. The molecular weight excluding hydrogens is 228 g/mol. The van der Waals surface area contributed by atoms with E-state index in [-0.39, 0.29) is 5.78 Å². The summed E-state index contributed by atoms with van der Waals surface area (Å²) in [7, 11) is 1.57. The quantitative estimate of drug-likeness (QED) is 0.720. The third-order valence-corrected chi connectivity index (χ3v) is 2.38. The largest absolute Gasteiger partial charge is 0.492 e. The van der Waals surface area contributed by atoms with Crippen molar-refractivity contribution in [2.45, 2.75) is 13.3 Å². The fraction of sp³-hybridized carbons (Fsp3) is 0.417. The van der Waals surface area contributed by atoms with Gasteiger partial charge in [0.25, 0.3) is 0 Å². The van der Waals surface area contributed by atoms with E-state index < -0.39 is 0 Å². The van der Waals surface area contributed by atoms with Gasteiger partial charge in [0, 0.05) is 19.1 Å². The number of Topliss-reactive ketones (excluding diaryl/α,β-unsaturated/α-hetero) is 1. The number of carbonyl (C=O) groups excluding carboxylic acids is 1. The normalized spacial score (nSPS) is 10.2. The maximum absolute atomic E-state index is 11.6. The molecule has 0 heterocycles. The van der Waals surface area contributed by atoms with E-state index in [2.05, 4.69) is 0 Å². The predicted octanol–water partition coefficient (Wildman–Crippen LogP) is 2.96. The SMILES string of the molecule is CCOc1ccc(C(=O)CCOC)cc1Cl. The van der Waals surface area contributed by atoms with Crippen molar-refractivity contribution in [3.8, 4) is 5.75 Å². The molecule has 3 nitrogen and oxygen atoms in total. The van der Waals surface area contributed by atoms with Crippen molar-refractivity contribution >= 4 is 17.4 Å². The van der Waals surface area contributed by atoms with Gasteiger partial charge >= 0.3 is 0 Å². The first-order valence-corrected chi connectivity index (χ1v) is 5.51. The molecule has 0 radical (unpaired) electrons. The fourth-order valence-electron chi connectivity index (χ4n) is 1.29. The molecule has 0 unspecified atom stereocenters. The lowest BCUT2D eigenvalue weighted by Crippen LogP contribution is -2.03. The minimum atomic E-state index is 0.0202. The number of hydrogen-bond donors (Lipinski definition) is 0. The van der Waals surface area contributed by atoms with E-state index in [0.717, 1.165) is 0 Å². The molecule has 1 aromatic rings. The topological polar surface area (TPSA) is 35.5 Å². The Morgan fingerprint density at radius 2 is 2.19 bits per heavy atom. The van der Waals surface area contributed by atoms with E-state index in [1.54, 1.807) is 25.3 Å². The van der Waals surface area contributed by atoms with Crippen molar-refractivity contribution in [2.75, 3.05) is 20.3 Å². The zero-order valence-corrected chi connectivity index (χ0v) is 10.2. The Morgan fingerprint density at radius 1 is 1.44 bits per heavy atom. The van der Waals surface area contributed by atoms with Crippen LogP contribution in [0.3, 0.4) is 0 Å². The van der Waals surface area contributed by atoms with Crippen LogP contribution in [0.5, 0.6) is 5.75 Å². The van der Waals surface area contributed by atoms with Crippen LogP contribution in [0, 0.1) is 0 Å². The lowest BCUT2D eigenvalue weighted by Gasteiger charge is -2.07. The number of ketones is 1. The Kier molecular flexibility index (Phi) is 5.29. The molecular formula is C12H15ClO3. The monoisotopic (exact) mass is 242 g/mol. The Morgan fingerprint density at radius 3 is 2.75 bits per heavy atom. The molecule has 0 spiro atoms. The molecule has 0 saturated carbocycles. The Labute approximate surface area is 100 Å². The molecule has 0 saturated heterocycles. The van der Waals surface area contributed by atoms with Gasteiger partial charge < -0.3 is 9.47 Å². The number of carbonyl (C=O) groups is 1. The molecule has 88 valence electrons. The summed E-state index contributed by atoms with van der Waals surface area (Å²) in [4.78, 5) is 11.6. The van der Waals surface area contributed by atoms with Gasteiger partial charge in [-0.25, -0.2) is 0 Å². The smallest absolute Gasteiger partial charge is 0.165 e. The molecule has 0 aliphatic heterocycles. The van der Waals surface area contributed by atoms with E-state index in [4.69, 9.17) is 21.1 Å². The Balaban J connectivity index is 2.76. The van der Waals surface area contributed by atoms with Crippen LogP contribution in [-0.4, -0.2) is 26.1 Å². The first-order valence-electron chi connectivity index (χ1n) is 5.13. The van der Waals surface area contributed by atoms with Crippen LogP contribution in [0.4, 0.5) is 0 Å². The van der Waals surface area contributed by atoms with Gasteiger partial charge in [-0.15, -0.1) is 0 Å². The lowest BCUT2D eigenvalue weighted by atomic mass is 10.1. The Hall–Kier alpha value is -1.06. The van der Waals surface area contributed by atoms with Crippen molar-refractivity contribution in [3.05, 3.63) is 28.8 Å². The predicted molar refractivity (Wildman–Crippen MR) is 63.4 cm³/mol. The summed E-state index contributed by atoms with van der Waals surface area (Å²) in [5.74, 6) is 0.624. The van der Waals surface area contributed by atoms with Crippen LogP contribution < -0.4 is 4.74 Å². The molecule has 0 N–H and O–H groups in total. The maximum atomic E-state index is 11.6. The van der Waals surface area contributed by atoms with Gasteiger partial charge in [-0.05, 0) is 25.1 Å². The molecule has 0 aliphatic carbocycles. The molecule has 0 fully saturated rings. The summed E-state index contributed by atoms with van der Waals surface area (Å²) in [6, 6.07) is 5.06. The van der Waals surface area contributed by atoms with Crippen LogP contribution in [0.1, 0.15) is 23.7 Å². The summed E-state index contributed by atoms with van der Waals surface area (Å²) < 4.78 is 10.1. The van der Waals surface area contributed by atoms with Gasteiger partial charge in [-0.3, -0.25) is 4.79 Å². The third-order valence-electron chi connectivity index (χ3n) is 2.09. The zero-order valence-electron chi connectivity index (χ0n) is 9.46. The molecule has 4 heteroatoms. The minimum Gasteiger partial charge on any atom is -0.492 e. The summed E-state index contributed by atoms with van der Waals surface area (Å²) in [6.45, 7) is 2.86. The fourth-order valence-corrected chi connectivity index (χ4v) is 1.52. The summed E-state index contributed by atoms with van der Waals surface area (Å²) in [6.07, 6.45) is 0.362. The Bertz CT molecular complexity index is 363. The summed E-state index contributed by atoms with van der Waals surface area (Å²) in [5, 5.41) is 0.463. The number of ether oxygens (including phenoxy) is 2. The average Bonchev–Trinajstić information content (AvgIpc) is 2.29. The zero-order chi connectivity index (χ0) is 12.0. The first-order chi connectivity index (χ1) is 7.69. The minimum absolute atomic E-state index is 0.0202. The highest BCUT2D eigenvalue weighted by molar-refractivity contribution is 6.32. The van der Waals surface area contributed by atoms with E-state index >= 15 is 0 Å². The summed E-state index contributed by atoms with van der Waals surface area (Å²) >= 11 is 5.98. The van der Waals surface area contributed by atoms with Crippen LogP contribution in [0.25, 0.3) is 0 Å². The number of methoxy groups -OCH3 is 1. The van der Waals surface area contributed by atoms with Crippen molar-refractivity contribution in [1.29, 1.82) is 0 Å². The number of benzene rings is 1. The molecule has 0 aromatic heterocycles. The standard InChI is InChI=1S/C12H15ClO3/c1-3-16-12-5-4-9(8-10(12)13)11(14)6-7-15-2/h4-5,8H,3,6-7H2,1-2H3. The van der Waals surface area contributed by atoms with E-state index in [1.165, 1.54) is 0 Å². The van der Waals surface area contributed by atoms with E-state index in [9.17, 15) is 4.79 Å². The molecule has 0 amide bonds. The van der Waals surface area contributed by atoms with Gasteiger partial charge in [0.2, 0.25) is 0 Å². The highest BCUT2D eigenvalue weighted by atomic mass is 35.5. The van der Waals surface area contributed by atoms with Gasteiger partial charge in [-0.2, -0.15) is 0 Å². The van der Waals surface area contributed by atoms with Crippen LogP contribution in [-0.2, 0) is 4.74 Å². The van der Waals surface area contributed by atoms with Crippen molar-refractivity contribution in [2.24, 2.45) is 0 Å². The van der Waals surface area contributed by atoms with Crippen LogP contribution in [0.15, 0.2) is 18.2 Å². The second kappa shape index (κ2) is 6.51. The first kappa shape index (κ1) is 13.0. The maximum Gasteiger partial charge on any atom is 0.165 e. The molecule has 1 aromatic carbocycles. The van der Waals surface area contributed by atoms with Gasteiger partial charge in [-0.1, -0.05) is 11.6 Å². The van der Waals surface area contributed by atoms with E-state index in [0.29, 0.717) is 36.0 Å².